The zero-order chi connectivity index (χ0) is 23.3. The quantitative estimate of drug-likeness (QED) is 0.140. The Hall–Kier alpha value is -2.65. The Morgan fingerprint density at radius 3 is 2.44 bits per heavy atom. The SMILES string of the molecule is O=C(Cc1cccc2ccccc12)N[C@@H](NC(=S)Nc1cccc([N+](=O)[O-])c1)C(Cl)(Cl)Cl. The predicted octanol–water partition coefficient (Wildman–Crippen LogP) is 5.09. The maximum atomic E-state index is 12.7. The van der Waals surface area contributed by atoms with Crippen molar-refractivity contribution in [2.24, 2.45) is 0 Å². The number of alkyl halides is 3. The first kappa shape index (κ1) is 24.0. The Kier molecular flexibility index (Phi) is 7.73. The molecule has 166 valence electrons. The van der Waals surface area contributed by atoms with Crippen molar-refractivity contribution in [3.05, 3.63) is 82.4 Å². The Morgan fingerprint density at radius 1 is 1.03 bits per heavy atom. The van der Waals surface area contributed by atoms with Crippen LogP contribution in [-0.2, 0) is 11.2 Å². The summed E-state index contributed by atoms with van der Waals surface area (Å²) in [7, 11) is 0. The van der Waals surface area contributed by atoms with Crippen LogP contribution in [0.1, 0.15) is 5.56 Å². The number of carbonyl (C=O) groups is 1. The van der Waals surface area contributed by atoms with Gasteiger partial charge in [0.1, 0.15) is 6.17 Å². The lowest BCUT2D eigenvalue weighted by atomic mass is 10.0. The van der Waals surface area contributed by atoms with Crippen LogP contribution in [0.5, 0.6) is 0 Å². The third-order valence-electron chi connectivity index (χ3n) is 4.45. The van der Waals surface area contributed by atoms with Crippen LogP contribution in [-0.4, -0.2) is 25.9 Å². The molecule has 1 amide bonds. The Bertz CT molecular complexity index is 1160. The lowest BCUT2D eigenvalue weighted by Gasteiger charge is -2.28. The number of non-ortho nitro benzene ring substituents is 1. The van der Waals surface area contributed by atoms with Gasteiger partial charge in [0.05, 0.1) is 11.3 Å². The first-order valence-corrected chi connectivity index (χ1v) is 10.8. The van der Waals surface area contributed by atoms with E-state index in [0.29, 0.717) is 5.69 Å². The van der Waals surface area contributed by atoms with Gasteiger partial charge >= 0.3 is 0 Å². The number of nitro benzene ring substituents is 1. The second-order valence-corrected chi connectivity index (χ2v) is 9.54. The van der Waals surface area contributed by atoms with Gasteiger partial charge in [-0.05, 0) is 34.6 Å². The second kappa shape index (κ2) is 10.3. The number of benzene rings is 3. The van der Waals surface area contributed by atoms with Crippen LogP contribution in [0.15, 0.2) is 66.7 Å². The maximum absolute atomic E-state index is 12.7. The number of amides is 1. The molecule has 0 unspecified atom stereocenters. The Labute approximate surface area is 204 Å². The van der Waals surface area contributed by atoms with Crippen molar-refractivity contribution in [2.45, 2.75) is 16.4 Å². The lowest BCUT2D eigenvalue weighted by Crippen LogP contribution is -2.56. The molecular weight excluding hydrogens is 495 g/mol. The minimum absolute atomic E-state index is 0.00674. The average Bonchev–Trinajstić information content (AvgIpc) is 2.73. The van der Waals surface area contributed by atoms with Gasteiger partial charge in [0, 0.05) is 17.8 Å². The van der Waals surface area contributed by atoms with Gasteiger partial charge < -0.3 is 16.0 Å². The van der Waals surface area contributed by atoms with Crippen molar-refractivity contribution < 1.29 is 9.72 Å². The number of nitrogens with zero attached hydrogens (tertiary/aromatic N) is 1. The smallest absolute Gasteiger partial charge is 0.271 e. The van der Waals surface area contributed by atoms with Crippen molar-refractivity contribution >= 4 is 80.2 Å². The summed E-state index contributed by atoms with van der Waals surface area (Å²) < 4.78 is -1.93. The molecule has 0 bridgehead atoms. The van der Waals surface area contributed by atoms with Gasteiger partial charge in [-0.2, -0.15) is 0 Å². The van der Waals surface area contributed by atoms with E-state index in [-0.39, 0.29) is 23.1 Å². The summed E-state index contributed by atoms with van der Waals surface area (Å²) in [6.07, 6.45) is -1.10. The van der Waals surface area contributed by atoms with E-state index in [1.165, 1.54) is 18.2 Å². The summed E-state index contributed by atoms with van der Waals surface area (Å²) >= 11 is 23.3. The highest BCUT2D eigenvalue weighted by Gasteiger charge is 2.34. The number of nitrogens with one attached hydrogen (secondary N) is 3. The summed E-state index contributed by atoms with van der Waals surface area (Å²) in [5.41, 5.74) is 1.07. The molecule has 32 heavy (non-hydrogen) atoms. The molecule has 0 fully saturated rings. The van der Waals surface area contributed by atoms with Gasteiger partial charge in [-0.25, -0.2) is 0 Å². The molecule has 3 N–H and O–H groups in total. The molecule has 0 aliphatic rings. The van der Waals surface area contributed by atoms with Crippen LogP contribution in [0.2, 0.25) is 0 Å². The van der Waals surface area contributed by atoms with E-state index in [4.69, 9.17) is 47.0 Å². The standard InChI is InChI=1S/C21H17Cl3N4O3S/c22-21(23,24)19(27-20(32)25-15-8-4-9-16(12-15)28(30)31)26-18(29)11-14-7-3-6-13-5-1-2-10-17(13)14/h1-10,12,19H,11H2,(H,26,29)(H2,25,27,32)/t19-/m0/s1. The van der Waals surface area contributed by atoms with E-state index in [2.05, 4.69) is 16.0 Å². The molecule has 0 heterocycles. The Balaban J connectivity index is 1.68. The van der Waals surface area contributed by atoms with Gasteiger partial charge in [0.15, 0.2) is 5.11 Å². The van der Waals surface area contributed by atoms with Gasteiger partial charge in [-0.3, -0.25) is 14.9 Å². The van der Waals surface area contributed by atoms with E-state index in [1.807, 2.05) is 42.5 Å². The fourth-order valence-corrected chi connectivity index (χ4v) is 3.59. The fourth-order valence-electron chi connectivity index (χ4n) is 3.03. The van der Waals surface area contributed by atoms with Crippen molar-refractivity contribution in [1.29, 1.82) is 0 Å². The largest absolute Gasteiger partial charge is 0.339 e. The summed E-state index contributed by atoms with van der Waals surface area (Å²) in [6.45, 7) is 0. The highest BCUT2D eigenvalue weighted by atomic mass is 35.6. The molecule has 1 atom stereocenters. The van der Waals surface area contributed by atoms with Gasteiger partial charge in [-0.1, -0.05) is 83.3 Å². The molecule has 0 saturated heterocycles. The zero-order valence-corrected chi connectivity index (χ0v) is 19.4. The van der Waals surface area contributed by atoms with Crippen LogP contribution >= 0.6 is 47.0 Å². The number of hydrogen-bond acceptors (Lipinski definition) is 4. The molecule has 0 saturated carbocycles. The van der Waals surface area contributed by atoms with Crippen LogP contribution in [0, 0.1) is 10.1 Å². The Morgan fingerprint density at radius 2 is 1.72 bits per heavy atom. The van der Waals surface area contributed by atoms with Crippen LogP contribution < -0.4 is 16.0 Å². The van der Waals surface area contributed by atoms with E-state index >= 15 is 0 Å². The molecule has 3 aromatic rings. The topological polar surface area (TPSA) is 96.3 Å². The monoisotopic (exact) mass is 510 g/mol. The molecule has 3 aromatic carbocycles. The lowest BCUT2D eigenvalue weighted by molar-refractivity contribution is -0.384. The molecule has 0 radical (unpaired) electrons. The second-order valence-electron chi connectivity index (χ2n) is 6.76. The summed E-state index contributed by atoms with van der Waals surface area (Å²) in [5, 5.41) is 21.0. The summed E-state index contributed by atoms with van der Waals surface area (Å²) in [6, 6.07) is 19.1. The number of carbonyl (C=O) groups excluding carboxylic acids is 1. The number of nitro groups is 1. The van der Waals surface area contributed by atoms with Crippen LogP contribution in [0.3, 0.4) is 0 Å². The van der Waals surface area contributed by atoms with Crippen molar-refractivity contribution in [1.82, 2.24) is 10.6 Å². The van der Waals surface area contributed by atoms with Crippen molar-refractivity contribution in [2.75, 3.05) is 5.32 Å². The number of hydrogen-bond donors (Lipinski definition) is 3. The van der Waals surface area contributed by atoms with E-state index < -0.39 is 14.9 Å². The summed E-state index contributed by atoms with van der Waals surface area (Å²) in [4.78, 5) is 23.1. The molecule has 0 aromatic heterocycles. The highest BCUT2D eigenvalue weighted by Crippen LogP contribution is 2.29. The number of fused-ring (bicyclic) bond motifs is 1. The van der Waals surface area contributed by atoms with Crippen LogP contribution in [0.25, 0.3) is 10.8 Å². The maximum Gasteiger partial charge on any atom is 0.271 e. The van der Waals surface area contributed by atoms with Crippen molar-refractivity contribution in [3.8, 4) is 0 Å². The molecule has 3 rings (SSSR count). The molecule has 0 aliphatic carbocycles. The first-order chi connectivity index (χ1) is 15.1. The molecule has 7 nitrogen and oxygen atoms in total. The highest BCUT2D eigenvalue weighted by molar-refractivity contribution is 7.80. The molecule has 11 heteroatoms. The third kappa shape index (κ3) is 6.43. The van der Waals surface area contributed by atoms with E-state index in [9.17, 15) is 14.9 Å². The first-order valence-electron chi connectivity index (χ1n) is 9.28. The normalized spacial score (nSPS) is 12.1. The number of rotatable bonds is 6. The van der Waals surface area contributed by atoms with Gasteiger partial charge in [-0.15, -0.1) is 0 Å². The van der Waals surface area contributed by atoms with E-state index in [1.54, 1.807) is 6.07 Å². The number of thiocarbonyl (C=S) groups is 1. The zero-order valence-electron chi connectivity index (χ0n) is 16.3. The van der Waals surface area contributed by atoms with Crippen LogP contribution in [0.4, 0.5) is 11.4 Å². The third-order valence-corrected chi connectivity index (χ3v) is 5.33. The summed E-state index contributed by atoms with van der Waals surface area (Å²) in [5.74, 6) is -0.386. The number of anilines is 1. The minimum atomic E-state index is -1.93. The molecule has 0 aliphatic heterocycles. The van der Waals surface area contributed by atoms with Gasteiger partial charge in [0.2, 0.25) is 9.70 Å². The average molecular weight is 512 g/mol. The number of halogens is 3. The predicted molar refractivity (Wildman–Crippen MR) is 132 cm³/mol. The molecular formula is C21H17Cl3N4O3S. The van der Waals surface area contributed by atoms with Crippen molar-refractivity contribution in [3.63, 3.8) is 0 Å². The van der Waals surface area contributed by atoms with E-state index in [0.717, 1.165) is 16.3 Å². The fraction of sp³-hybridized carbons (Fsp3) is 0.143. The minimum Gasteiger partial charge on any atom is -0.339 e. The molecule has 0 spiro atoms. The van der Waals surface area contributed by atoms with Gasteiger partial charge in [0.25, 0.3) is 5.69 Å².